The van der Waals surface area contributed by atoms with Gasteiger partial charge < -0.3 is 9.64 Å². The van der Waals surface area contributed by atoms with Gasteiger partial charge in [0.1, 0.15) is 0 Å². The summed E-state index contributed by atoms with van der Waals surface area (Å²) in [4.78, 5) is 13.8. The molecule has 1 fully saturated rings. The summed E-state index contributed by atoms with van der Waals surface area (Å²) in [6.45, 7) is 9.38. The van der Waals surface area contributed by atoms with Crippen LogP contribution in [0.5, 0.6) is 0 Å². The molecular formula is C12H21NO2. The third-order valence-corrected chi connectivity index (χ3v) is 2.66. The van der Waals surface area contributed by atoms with Gasteiger partial charge in [-0.25, -0.2) is 0 Å². The molecule has 1 saturated heterocycles. The number of morpholine rings is 1. The number of nitrogens with zero attached hydrogens (tertiary/aromatic N) is 1. The van der Waals surface area contributed by atoms with E-state index >= 15 is 0 Å². The molecule has 0 radical (unpaired) electrons. The molecule has 15 heavy (non-hydrogen) atoms. The van der Waals surface area contributed by atoms with Gasteiger partial charge >= 0.3 is 0 Å². The molecule has 0 bridgehead atoms. The molecule has 0 aromatic heterocycles. The van der Waals surface area contributed by atoms with Crippen LogP contribution in [0.25, 0.3) is 0 Å². The molecule has 0 saturated carbocycles. The Balaban J connectivity index is 2.65. The summed E-state index contributed by atoms with van der Waals surface area (Å²) in [5, 5.41) is 0. The zero-order valence-corrected chi connectivity index (χ0v) is 10.1. The molecule has 0 aromatic carbocycles. The first-order chi connectivity index (χ1) is 7.04. The minimum Gasteiger partial charge on any atom is -0.374 e. The van der Waals surface area contributed by atoms with E-state index in [0.717, 1.165) is 18.5 Å². The van der Waals surface area contributed by atoms with Crippen LogP contribution >= 0.6 is 0 Å². The zero-order valence-electron chi connectivity index (χ0n) is 10.1. The summed E-state index contributed by atoms with van der Waals surface area (Å²) >= 11 is 0. The van der Waals surface area contributed by atoms with Gasteiger partial charge in [-0.2, -0.15) is 0 Å². The maximum absolute atomic E-state index is 11.9. The Kier molecular flexibility index (Phi) is 4.33. The van der Waals surface area contributed by atoms with E-state index in [9.17, 15) is 4.79 Å². The van der Waals surface area contributed by atoms with Crippen LogP contribution in [0.1, 0.15) is 34.1 Å². The summed E-state index contributed by atoms with van der Waals surface area (Å²) in [6, 6.07) is 0.191. The lowest BCUT2D eigenvalue weighted by molar-refractivity contribution is -0.138. The van der Waals surface area contributed by atoms with Gasteiger partial charge in [-0.15, -0.1) is 0 Å². The average Bonchev–Trinajstić information content (AvgIpc) is 2.17. The predicted molar refractivity (Wildman–Crippen MR) is 60.6 cm³/mol. The van der Waals surface area contributed by atoms with Crippen LogP contribution in [0, 0.1) is 0 Å². The van der Waals surface area contributed by atoms with Crippen LogP contribution in [-0.4, -0.2) is 36.1 Å². The minimum absolute atomic E-state index is 0.115. The molecule has 3 heteroatoms. The molecule has 1 aliphatic rings. The highest BCUT2D eigenvalue weighted by molar-refractivity contribution is 5.88. The number of ether oxygens (including phenoxy) is 1. The van der Waals surface area contributed by atoms with E-state index in [0.29, 0.717) is 6.61 Å². The van der Waals surface area contributed by atoms with Gasteiger partial charge in [0.25, 0.3) is 0 Å². The fraction of sp³-hybridized carbons (Fsp3) is 0.750. The molecule has 0 spiro atoms. The zero-order chi connectivity index (χ0) is 11.4. The van der Waals surface area contributed by atoms with Crippen molar-refractivity contribution in [3.8, 4) is 0 Å². The average molecular weight is 211 g/mol. The van der Waals surface area contributed by atoms with Crippen molar-refractivity contribution in [1.82, 2.24) is 4.90 Å². The quantitative estimate of drug-likeness (QED) is 0.654. The molecule has 1 rings (SSSR count). The molecule has 0 aliphatic carbocycles. The van der Waals surface area contributed by atoms with Gasteiger partial charge in [-0.1, -0.05) is 12.5 Å². The molecule has 86 valence electrons. The summed E-state index contributed by atoms with van der Waals surface area (Å²) < 4.78 is 5.61. The van der Waals surface area contributed by atoms with Crippen LogP contribution in [0.2, 0.25) is 0 Å². The number of amides is 1. The number of carbonyl (C=O) groups is 1. The second-order valence-electron chi connectivity index (χ2n) is 4.42. The predicted octanol–water partition coefficient (Wildman–Crippen LogP) is 1.98. The van der Waals surface area contributed by atoms with E-state index < -0.39 is 0 Å². The van der Waals surface area contributed by atoms with Gasteiger partial charge in [-0.3, -0.25) is 4.79 Å². The third-order valence-electron chi connectivity index (χ3n) is 2.66. The van der Waals surface area contributed by atoms with Crippen molar-refractivity contribution in [3.05, 3.63) is 11.6 Å². The van der Waals surface area contributed by atoms with Crippen LogP contribution in [0.15, 0.2) is 11.6 Å². The summed E-state index contributed by atoms with van der Waals surface area (Å²) in [7, 11) is 0. The van der Waals surface area contributed by atoms with E-state index in [1.165, 1.54) is 0 Å². The Morgan fingerprint density at radius 3 is 2.73 bits per heavy atom. The smallest absolute Gasteiger partial charge is 0.246 e. The van der Waals surface area contributed by atoms with Gasteiger partial charge in [0.15, 0.2) is 0 Å². The molecule has 1 aliphatic heterocycles. The first kappa shape index (κ1) is 12.2. The molecule has 2 atom stereocenters. The number of allylic oxidation sites excluding steroid dienone is 1. The van der Waals surface area contributed by atoms with E-state index in [1.807, 2.05) is 25.7 Å². The minimum atomic E-state index is 0.115. The van der Waals surface area contributed by atoms with E-state index in [1.54, 1.807) is 6.08 Å². The van der Waals surface area contributed by atoms with Crippen molar-refractivity contribution < 1.29 is 9.53 Å². The van der Waals surface area contributed by atoms with E-state index in [-0.39, 0.29) is 18.1 Å². The van der Waals surface area contributed by atoms with Crippen molar-refractivity contribution >= 4 is 5.91 Å². The van der Waals surface area contributed by atoms with Crippen molar-refractivity contribution in [1.29, 1.82) is 0 Å². The van der Waals surface area contributed by atoms with Gasteiger partial charge in [0, 0.05) is 12.6 Å². The van der Waals surface area contributed by atoms with Crippen LogP contribution in [0.3, 0.4) is 0 Å². The Bertz CT molecular complexity index is 256. The lowest BCUT2D eigenvalue weighted by Crippen LogP contribution is -2.50. The van der Waals surface area contributed by atoms with Gasteiger partial charge in [-0.05, 0) is 27.2 Å². The Morgan fingerprint density at radius 2 is 2.20 bits per heavy atom. The largest absolute Gasteiger partial charge is 0.374 e. The summed E-state index contributed by atoms with van der Waals surface area (Å²) in [6.07, 6.45) is 2.87. The van der Waals surface area contributed by atoms with Crippen molar-refractivity contribution in [2.24, 2.45) is 0 Å². The highest BCUT2D eigenvalue weighted by Crippen LogP contribution is 2.14. The maximum atomic E-state index is 11.9. The first-order valence-electron chi connectivity index (χ1n) is 5.61. The van der Waals surface area contributed by atoms with Crippen molar-refractivity contribution in [2.75, 3.05) is 13.2 Å². The van der Waals surface area contributed by atoms with Gasteiger partial charge in [0.2, 0.25) is 5.91 Å². The van der Waals surface area contributed by atoms with E-state index in [2.05, 4.69) is 6.92 Å². The molecular weight excluding hydrogens is 190 g/mol. The van der Waals surface area contributed by atoms with Crippen LogP contribution in [0.4, 0.5) is 0 Å². The number of hydrogen-bond donors (Lipinski definition) is 0. The normalized spacial score (nSPS) is 26.3. The third kappa shape index (κ3) is 3.34. The first-order valence-corrected chi connectivity index (χ1v) is 5.61. The van der Waals surface area contributed by atoms with Gasteiger partial charge in [0.05, 0.1) is 18.8 Å². The fourth-order valence-electron chi connectivity index (χ4n) is 1.70. The second-order valence-corrected chi connectivity index (χ2v) is 4.42. The highest BCUT2D eigenvalue weighted by Gasteiger charge is 2.27. The monoisotopic (exact) mass is 211 g/mol. The molecule has 1 heterocycles. The summed E-state index contributed by atoms with van der Waals surface area (Å²) in [5.74, 6) is 0.115. The highest BCUT2D eigenvalue weighted by atomic mass is 16.5. The van der Waals surface area contributed by atoms with Crippen molar-refractivity contribution in [3.63, 3.8) is 0 Å². The number of rotatable bonds is 2. The lowest BCUT2D eigenvalue weighted by Gasteiger charge is -2.37. The molecule has 0 aromatic rings. The SMILES string of the molecule is CCC1CN(C(=O)C=C(C)C)C(C)CO1. The van der Waals surface area contributed by atoms with Crippen LogP contribution < -0.4 is 0 Å². The Labute approximate surface area is 92.1 Å². The molecule has 0 N–H and O–H groups in total. The van der Waals surface area contributed by atoms with Crippen molar-refractivity contribution in [2.45, 2.75) is 46.3 Å². The standard InChI is InChI=1S/C12H21NO2/c1-5-11-7-13(10(4)8-15-11)12(14)6-9(2)3/h6,10-11H,5,7-8H2,1-4H3. The molecule has 1 amide bonds. The summed E-state index contributed by atoms with van der Waals surface area (Å²) in [5.41, 5.74) is 1.05. The molecule has 2 unspecified atom stereocenters. The Hall–Kier alpha value is -0.830. The number of carbonyl (C=O) groups excluding carboxylic acids is 1. The number of hydrogen-bond acceptors (Lipinski definition) is 2. The maximum Gasteiger partial charge on any atom is 0.246 e. The second kappa shape index (κ2) is 5.31. The topological polar surface area (TPSA) is 29.5 Å². The fourth-order valence-corrected chi connectivity index (χ4v) is 1.70. The van der Waals surface area contributed by atoms with Crippen LogP contribution in [-0.2, 0) is 9.53 Å². The Morgan fingerprint density at radius 1 is 1.53 bits per heavy atom. The lowest BCUT2D eigenvalue weighted by atomic mass is 10.1. The van der Waals surface area contributed by atoms with E-state index in [4.69, 9.17) is 4.74 Å². The molecule has 3 nitrogen and oxygen atoms in total.